The standard InChI is InChI=1S/C25H21ClF6N6O4/c1-13(22(40)41)38-20(10-15-4-2-3-5-17(15)24(27,28)29)33-19(34-38)12-37-23(42)36(11-18(39)25(30,31)32)21(35-37)14-6-8-16(26)9-7-14/h2-9,13,18,39H,10-12H2,1H3,(H,40,41). The van der Waals surface area contributed by atoms with Crippen LogP contribution in [0.25, 0.3) is 11.4 Å². The van der Waals surface area contributed by atoms with Crippen LogP contribution in [-0.4, -0.2) is 57.6 Å². The van der Waals surface area contributed by atoms with Crippen LogP contribution in [0, 0.1) is 0 Å². The Balaban J connectivity index is 1.77. The predicted molar refractivity (Wildman–Crippen MR) is 135 cm³/mol. The lowest BCUT2D eigenvalue weighted by molar-refractivity contribution is -0.207. The van der Waals surface area contributed by atoms with E-state index in [4.69, 9.17) is 11.6 Å². The Bertz CT molecular complexity index is 1640. The van der Waals surface area contributed by atoms with E-state index in [0.29, 0.717) is 14.3 Å². The number of rotatable bonds is 9. The van der Waals surface area contributed by atoms with Crippen LogP contribution in [0.15, 0.2) is 53.3 Å². The van der Waals surface area contributed by atoms with Gasteiger partial charge in [-0.3, -0.25) is 4.57 Å². The van der Waals surface area contributed by atoms with Crippen molar-refractivity contribution in [3.63, 3.8) is 0 Å². The number of halogens is 7. The zero-order valence-electron chi connectivity index (χ0n) is 21.4. The van der Waals surface area contributed by atoms with Crippen LogP contribution < -0.4 is 5.69 Å². The number of alkyl halides is 6. The number of aliphatic carboxylic acids is 1. The molecule has 2 N–H and O–H groups in total. The summed E-state index contributed by atoms with van der Waals surface area (Å²) in [6, 6.07) is 8.84. The SMILES string of the molecule is CC(C(=O)O)n1nc(Cn2nc(-c3ccc(Cl)cc3)n(CC(O)C(F)(F)F)c2=O)nc1Cc1ccccc1C(F)(F)F. The molecular formula is C25H21ClF6N6O4. The molecule has 0 aliphatic carbocycles. The van der Waals surface area contributed by atoms with Crippen LogP contribution in [0.2, 0.25) is 5.02 Å². The van der Waals surface area contributed by atoms with Crippen molar-refractivity contribution in [2.45, 2.75) is 50.9 Å². The number of hydrogen-bond donors (Lipinski definition) is 2. The third-order valence-corrected chi connectivity index (χ3v) is 6.44. The molecule has 4 rings (SSSR count). The van der Waals surface area contributed by atoms with E-state index in [1.165, 1.54) is 49.4 Å². The molecule has 2 aromatic heterocycles. The van der Waals surface area contributed by atoms with Crippen LogP contribution in [0.5, 0.6) is 0 Å². The van der Waals surface area contributed by atoms with Crippen LogP contribution in [0.4, 0.5) is 26.3 Å². The molecule has 0 saturated heterocycles. The molecule has 0 aliphatic heterocycles. The quantitative estimate of drug-likeness (QED) is 0.269. The van der Waals surface area contributed by atoms with E-state index in [1.54, 1.807) is 0 Å². The van der Waals surface area contributed by atoms with Crippen molar-refractivity contribution >= 4 is 17.6 Å². The van der Waals surface area contributed by atoms with Gasteiger partial charge in [-0.25, -0.2) is 23.9 Å². The molecule has 42 heavy (non-hydrogen) atoms. The first-order valence-electron chi connectivity index (χ1n) is 12.1. The largest absolute Gasteiger partial charge is 0.480 e. The first-order chi connectivity index (χ1) is 19.6. The van der Waals surface area contributed by atoms with Gasteiger partial charge in [0.15, 0.2) is 17.8 Å². The highest BCUT2D eigenvalue weighted by Crippen LogP contribution is 2.33. The molecule has 0 spiro atoms. The fourth-order valence-corrected chi connectivity index (χ4v) is 4.19. The Hall–Kier alpha value is -4.18. The Morgan fingerprint density at radius 2 is 1.67 bits per heavy atom. The second kappa shape index (κ2) is 11.6. The maximum absolute atomic E-state index is 13.6. The van der Waals surface area contributed by atoms with Crippen LogP contribution in [-0.2, 0) is 30.5 Å². The molecule has 17 heteroatoms. The number of carbonyl (C=O) groups is 1. The number of carboxylic acids is 1. The fourth-order valence-electron chi connectivity index (χ4n) is 4.06. The third kappa shape index (κ3) is 6.65. The van der Waals surface area contributed by atoms with E-state index in [0.717, 1.165) is 10.7 Å². The second-order valence-corrected chi connectivity index (χ2v) is 9.61. The normalized spacial score (nSPS) is 13.7. The smallest absolute Gasteiger partial charge is 0.416 e. The van der Waals surface area contributed by atoms with Crippen LogP contribution >= 0.6 is 11.6 Å². The number of aliphatic hydroxyl groups excluding tert-OH is 1. The molecule has 0 bridgehead atoms. The first kappa shape index (κ1) is 30.8. The van der Waals surface area contributed by atoms with Crippen LogP contribution in [0.1, 0.15) is 35.7 Å². The molecular weight excluding hydrogens is 598 g/mol. The van der Waals surface area contributed by atoms with Crippen molar-refractivity contribution < 1.29 is 41.4 Å². The highest BCUT2D eigenvalue weighted by molar-refractivity contribution is 6.30. The van der Waals surface area contributed by atoms with Crippen molar-refractivity contribution in [2.75, 3.05) is 0 Å². The van der Waals surface area contributed by atoms with Gasteiger partial charge in [-0.05, 0) is 42.8 Å². The molecule has 0 saturated carbocycles. The Morgan fingerprint density at radius 1 is 1.02 bits per heavy atom. The summed E-state index contributed by atoms with van der Waals surface area (Å²) in [5.74, 6) is -2.04. The number of carboxylic acid groups (broad SMARTS) is 1. The molecule has 224 valence electrons. The summed E-state index contributed by atoms with van der Waals surface area (Å²) in [5, 5.41) is 27.6. The van der Waals surface area contributed by atoms with Gasteiger partial charge in [-0.15, -0.1) is 5.10 Å². The van der Waals surface area contributed by atoms with Crippen molar-refractivity contribution in [3.8, 4) is 11.4 Å². The average Bonchev–Trinajstić information content (AvgIpc) is 3.43. The lowest BCUT2D eigenvalue weighted by Gasteiger charge is -2.15. The molecule has 0 aliphatic rings. The van der Waals surface area contributed by atoms with Crippen molar-refractivity contribution in [1.82, 2.24) is 29.1 Å². The summed E-state index contributed by atoms with van der Waals surface area (Å²) in [5.41, 5.74) is -2.08. The summed E-state index contributed by atoms with van der Waals surface area (Å²) in [7, 11) is 0. The zero-order chi connectivity index (χ0) is 31.0. The number of aliphatic hydroxyl groups is 1. The summed E-state index contributed by atoms with van der Waals surface area (Å²) in [4.78, 5) is 29.0. The number of aromatic nitrogens is 6. The molecule has 10 nitrogen and oxygen atoms in total. The van der Waals surface area contributed by atoms with E-state index < -0.39 is 61.2 Å². The molecule has 2 unspecified atom stereocenters. The monoisotopic (exact) mass is 618 g/mol. The van der Waals surface area contributed by atoms with Crippen molar-refractivity contribution in [3.05, 3.63) is 86.8 Å². The van der Waals surface area contributed by atoms with Gasteiger partial charge in [0, 0.05) is 17.0 Å². The van der Waals surface area contributed by atoms with Crippen LogP contribution in [0.3, 0.4) is 0 Å². The number of hydrogen-bond acceptors (Lipinski definition) is 6. The van der Waals surface area contributed by atoms with Crippen molar-refractivity contribution in [2.24, 2.45) is 0 Å². The Labute approximate surface area is 237 Å². The Kier molecular flexibility index (Phi) is 8.50. The van der Waals surface area contributed by atoms with Gasteiger partial charge in [0.05, 0.1) is 12.1 Å². The molecule has 0 radical (unpaired) electrons. The lowest BCUT2D eigenvalue weighted by atomic mass is 10.0. The van der Waals surface area contributed by atoms with E-state index >= 15 is 0 Å². The lowest BCUT2D eigenvalue weighted by Crippen LogP contribution is -2.37. The van der Waals surface area contributed by atoms with E-state index in [9.17, 15) is 46.1 Å². The molecule has 2 atom stereocenters. The van der Waals surface area contributed by atoms with E-state index in [-0.39, 0.29) is 28.6 Å². The third-order valence-electron chi connectivity index (χ3n) is 6.19. The van der Waals surface area contributed by atoms with Gasteiger partial charge in [0.1, 0.15) is 18.4 Å². The van der Waals surface area contributed by atoms with Gasteiger partial charge in [-0.1, -0.05) is 29.8 Å². The minimum absolute atomic E-state index is 0.172. The highest BCUT2D eigenvalue weighted by Gasteiger charge is 2.39. The number of benzene rings is 2. The molecule has 0 fully saturated rings. The maximum atomic E-state index is 13.6. The van der Waals surface area contributed by atoms with Gasteiger partial charge in [0.25, 0.3) is 0 Å². The fraction of sp³-hybridized carbons (Fsp3) is 0.320. The topological polar surface area (TPSA) is 128 Å². The van der Waals surface area contributed by atoms with E-state index in [1.807, 2.05) is 0 Å². The zero-order valence-corrected chi connectivity index (χ0v) is 22.2. The highest BCUT2D eigenvalue weighted by atomic mass is 35.5. The van der Waals surface area contributed by atoms with E-state index in [2.05, 4.69) is 15.2 Å². The summed E-state index contributed by atoms with van der Waals surface area (Å²) in [6.45, 7) is -0.558. The molecule has 2 heterocycles. The summed E-state index contributed by atoms with van der Waals surface area (Å²) in [6.07, 6.45) is -13.1. The number of nitrogens with zero attached hydrogens (tertiary/aromatic N) is 6. The van der Waals surface area contributed by atoms with Gasteiger partial charge in [-0.2, -0.15) is 31.4 Å². The molecule has 4 aromatic rings. The van der Waals surface area contributed by atoms with Gasteiger partial charge < -0.3 is 10.2 Å². The maximum Gasteiger partial charge on any atom is 0.416 e. The summed E-state index contributed by atoms with van der Waals surface area (Å²) < 4.78 is 82.2. The second-order valence-electron chi connectivity index (χ2n) is 9.17. The van der Waals surface area contributed by atoms with Crippen molar-refractivity contribution in [1.29, 1.82) is 0 Å². The minimum atomic E-state index is -5.05. The minimum Gasteiger partial charge on any atom is -0.480 e. The molecule has 0 amide bonds. The van der Waals surface area contributed by atoms with Gasteiger partial charge in [0.2, 0.25) is 0 Å². The van der Waals surface area contributed by atoms with Gasteiger partial charge >= 0.3 is 24.0 Å². The Morgan fingerprint density at radius 3 is 2.26 bits per heavy atom. The average molecular weight is 619 g/mol. The first-order valence-corrected chi connectivity index (χ1v) is 12.4. The predicted octanol–water partition coefficient (Wildman–Crippen LogP) is 4.18. The molecule has 2 aromatic carbocycles. The summed E-state index contributed by atoms with van der Waals surface area (Å²) >= 11 is 5.88.